The van der Waals surface area contributed by atoms with Gasteiger partial charge in [-0.25, -0.2) is 5.10 Å². The van der Waals surface area contributed by atoms with E-state index >= 15 is 0 Å². The molecule has 6 heteroatoms. The Bertz CT molecular complexity index is 1060. The van der Waals surface area contributed by atoms with Crippen LogP contribution in [0.15, 0.2) is 53.3 Å². The van der Waals surface area contributed by atoms with Gasteiger partial charge in [-0.2, -0.15) is 5.10 Å². The number of nitrogens with zero attached hydrogens (tertiary/aromatic N) is 1. The number of aromatic amines is 1. The van der Waals surface area contributed by atoms with Crippen LogP contribution in [0.4, 0.5) is 5.69 Å². The zero-order chi connectivity index (χ0) is 20.1. The van der Waals surface area contributed by atoms with Crippen LogP contribution in [0.5, 0.6) is 0 Å². The van der Waals surface area contributed by atoms with E-state index in [1.165, 1.54) is 19.3 Å². The third kappa shape index (κ3) is 4.71. The Labute approximate surface area is 169 Å². The van der Waals surface area contributed by atoms with Crippen molar-refractivity contribution in [1.29, 1.82) is 0 Å². The molecule has 0 spiro atoms. The third-order valence-corrected chi connectivity index (χ3v) is 5.48. The molecular weight excluding hydrogens is 364 g/mol. The quantitative estimate of drug-likeness (QED) is 0.510. The SMILES string of the molecule is O=C(CCCCNC1CCC1)Nc1cccc(-c2n[nH]c(=O)c3ccccc23)c1. The molecule has 1 aliphatic carbocycles. The molecule has 0 atom stereocenters. The zero-order valence-electron chi connectivity index (χ0n) is 16.4. The normalized spacial score (nSPS) is 13.9. The molecule has 0 unspecified atom stereocenters. The monoisotopic (exact) mass is 390 g/mol. The van der Waals surface area contributed by atoms with Gasteiger partial charge in [-0.3, -0.25) is 9.59 Å². The summed E-state index contributed by atoms with van der Waals surface area (Å²) < 4.78 is 0. The maximum Gasteiger partial charge on any atom is 0.272 e. The van der Waals surface area contributed by atoms with Gasteiger partial charge in [0.2, 0.25) is 5.91 Å². The van der Waals surface area contributed by atoms with Crippen LogP contribution in [0, 0.1) is 0 Å². The molecule has 150 valence electrons. The topological polar surface area (TPSA) is 86.9 Å². The van der Waals surface area contributed by atoms with Crippen LogP contribution < -0.4 is 16.2 Å². The Morgan fingerprint density at radius 1 is 1.07 bits per heavy atom. The van der Waals surface area contributed by atoms with Crippen LogP contribution in [-0.4, -0.2) is 28.7 Å². The van der Waals surface area contributed by atoms with Crippen molar-refractivity contribution in [2.45, 2.75) is 44.6 Å². The summed E-state index contributed by atoms with van der Waals surface area (Å²) >= 11 is 0. The number of rotatable bonds is 8. The Kier molecular flexibility index (Phi) is 6.00. The van der Waals surface area contributed by atoms with Gasteiger partial charge in [-0.15, -0.1) is 0 Å². The second-order valence-corrected chi connectivity index (χ2v) is 7.61. The van der Waals surface area contributed by atoms with Gasteiger partial charge in [0, 0.05) is 29.1 Å². The van der Waals surface area contributed by atoms with Crippen LogP contribution >= 0.6 is 0 Å². The van der Waals surface area contributed by atoms with E-state index in [2.05, 4.69) is 20.8 Å². The van der Waals surface area contributed by atoms with Crippen molar-refractivity contribution in [1.82, 2.24) is 15.5 Å². The van der Waals surface area contributed by atoms with Crippen LogP contribution in [0.2, 0.25) is 0 Å². The van der Waals surface area contributed by atoms with Crippen LogP contribution in [-0.2, 0) is 4.79 Å². The number of fused-ring (bicyclic) bond motifs is 1. The van der Waals surface area contributed by atoms with Gasteiger partial charge in [-0.05, 0) is 50.4 Å². The average Bonchev–Trinajstić information content (AvgIpc) is 2.70. The smallest absolute Gasteiger partial charge is 0.272 e. The number of benzene rings is 2. The number of carbonyl (C=O) groups excluding carboxylic acids is 1. The predicted molar refractivity (Wildman–Crippen MR) is 116 cm³/mol. The average molecular weight is 390 g/mol. The molecule has 1 amide bonds. The lowest BCUT2D eigenvalue weighted by atomic mass is 9.93. The number of aromatic nitrogens is 2. The highest BCUT2D eigenvalue weighted by Crippen LogP contribution is 2.26. The van der Waals surface area contributed by atoms with Gasteiger partial charge >= 0.3 is 0 Å². The van der Waals surface area contributed by atoms with Crippen molar-refractivity contribution in [3.63, 3.8) is 0 Å². The minimum absolute atomic E-state index is 0.0186. The second kappa shape index (κ2) is 9.01. The molecular formula is C23H26N4O2. The van der Waals surface area contributed by atoms with Gasteiger partial charge in [0.15, 0.2) is 0 Å². The maximum absolute atomic E-state index is 12.3. The van der Waals surface area contributed by atoms with Crippen LogP contribution in [0.25, 0.3) is 22.0 Å². The summed E-state index contributed by atoms with van der Waals surface area (Å²) in [5.41, 5.74) is 2.07. The zero-order valence-corrected chi connectivity index (χ0v) is 16.4. The van der Waals surface area contributed by atoms with E-state index in [1.54, 1.807) is 6.07 Å². The molecule has 1 aromatic heterocycles. The first kappa shape index (κ1) is 19.3. The minimum atomic E-state index is -0.208. The predicted octanol–water partition coefficient (Wildman–Crippen LogP) is 3.84. The van der Waals surface area contributed by atoms with E-state index in [-0.39, 0.29) is 11.5 Å². The standard InChI is InChI=1S/C23H26N4O2/c28-21(13-3-4-14-24-17-8-6-9-17)25-18-10-5-7-16(15-18)22-19-11-1-2-12-20(19)23(29)27-26-22/h1-2,5,7,10-12,15,17,24H,3-4,6,8-9,13-14H2,(H,25,28)(H,27,29). The molecule has 29 heavy (non-hydrogen) atoms. The fraction of sp³-hybridized carbons (Fsp3) is 0.348. The largest absolute Gasteiger partial charge is 0.326 e. The van der Waals surface area contributed by atoms with Crippen molar-refractivity contribution in [2.75, 3.05) is 11.9 Å². The molecule has 1 fully saturated rings. The lowest BCUT2D eigenvalue weighted by Gasteiger charge is -2.26. The van der Waals surface area contributed by atoms with E-state index in [9.17, 15) is 9.59 Å². The van der Waals surface area contributed by atoms with Gasteiger partial charge < -0.3 is 10.6 Å². The summed E-state index contributed by atoms with van der Waals surface area (Å²) in [4.78, 5) is 24.3. The molecule has 0 bridgehead atoms. The molecule has 3 N–H and O–H groups in total. The number of nitrogens with one attached hydrogen (secondary N) is 3. The fourth-order valence-electron chi connectivity index (χ4n) is 3.63. The first-order valence-corrected chi connectivity index (χ1v) is 10.3. The van der Waals surface area contributed by atoms with Crippen molar-refractivity contribution in [3.8, 4) is 11.3 Å². The third-order valence-electron chi connectivity index (χ3n) is 5.48. The van der Waals surface area contributed by atoms with Crippen molar-refractivity contribution in [2.24, 2.45) is 0 Å². The summed E-state index contributed by atoms with van der Waals surface area (Å²) in [5, 5.41) is 14.7. The van der Waals surface area contributed by atoms with Gasteiger partial charge in [0.1, 0.15) is 0 Å². The second-order valence-electron chi connectivity index (χ2n) is 7.61. The first-order chi connectivity index (χ1) is 14.2. The Hall–Kier alpha value is -2.99. The van der Waals surface area contributed by atoms with E-state index in [0.717, 1.165) is 36.0 Å². The fourth-order valence-corrected chi connectivity index (χ4v) is 3.63. The van der Waals surface area contributed by atoms with Gasteiger partial charge in [-0.1, -0.05) is 36.8 Å². The molecule has 0 radical (unpaired) electrons. The van der Waals surface area contributed by atoms with Crippen molar-refractivity contribution >= 4 is 22.4 Å². The summed E-state index contributed by atoms with van der Waals surface area (Å²) in [6, 6.07) is 15.7. The number of amides is 1. The van der Waals surface area contributed by atoms with Crippen molar-refractivity contribution < 1.29 is 4.79 Å². The minimum Gasteiger partial charge on any atom is -0.326 e. The molecule has 0 saturated heterocycles. The Morgan fingerprint density at radius 3 is 2.69 bits per heavy atom. The maximum atomic E-state index is 12.3. The van der Waals surface area contributed by atoms with Crippen LogP contribution in [0.1, 0.15) is 38.5 Å². The summed E-state index contributed by atoms with van der Waals surface area (Å²) in [6.45, 7) is 0.985. The van der Waals surface area contributed by atoms with Gasteiger partial charge in [0.05, 0.1) is 11.1 Å². The van der Waals surface area contributed by atoms with Gasteiger partial charge in [0.25, 0.3) is 5.56 Å². The molecule has 3 aromatic rings. The summed E-state index contributed by atoms with van der Waals surface area (Å²) in [6.07, 6.45) is 6.31. The Balaban J connectivity index is 1.38. The van der Waals surface area contributed by atoms with Crippen LogP contribution in [0.3, 0.4) is 0 Å². The number of hydrogen-bond acceptors (Lipinski definition) is 4. The number of unbranched alkanes of at least 4 members (excludes halogenated alkanes) is 1. The van der Waals surface area contributed by atoms with E-state index < -0.39 is 0 Å². The highest BCUT2D eigenvalue weighted by atomic mass is 16.1. The Morgan fingerprint density at radius 2 is 1.90 bits per heavy atom. The van der Waals surface area contributed by atoms with E-state index in [4.69, 9.17) is 0 Å². The molecule has 1 aliphatic rings. The first-order valence-electron chi connectivity index (χ1n) is 10.3. The number of H-pyrrole nitrogens is 1. The number of anilines is 1. The van der Waals surface area contributed by atoms with E-state index in [1.807, 2.05) is 42.5 Å². The summed E-state index contributed by atoms with van der Waals surface area (Å²) in [7, 11) is 0. The highest BCUT2D eigenvalue weighted by Gasteiger charge is 2.15. The lowest BCUT2D eigenvalue weighted by molar-refractivity contribution is -0.116. The number of hydrogen-bond donors (Lipinski definition) is 3. The van der Waals surface area contributed by atoms with Crippen molar-refractivity contribution in [3.05, 3.63) is 58.9 Å². The molecule has 6 nitrogen and oxygen atoms in total. The molecule has 2 aromatic carbocycles. The molecule has 4 rings (SSSR count). The molecule has 1 heterocycles. The lowest BCUT2D eigenvalue weighted by Crippen LogP contribution is -2.35. The molecule has 0 aliphatic heterocycles. The van der Waals surface area contributed by atoms with E-state index in [0.29, 0.717) is 23.5 Å². The number of carbonyl (C=O) groups is 1. The highest BCUT2D eigenvalue weighted by molar-refractivity contribution is 5.95. The summed E-state index contributed by atoms with van der Waals surface area (Å²) in [5.74, 6) is 0.0186. The molecule has 1 saturated carbocycles.